The minimum Gasteiger partial charge on any atom is -0.488 e. The molecule has 2 aromatic carbocycles. The normalized spacial score (nSPS) is 11.2. The molecule has 0 aliphatic rings. The number of halogens is 1. The van der Waals surface area contributed by atoms with E-state index < -0.39 is 5.97 Å². The Bertz CT molecular complexity index is 1080. The van der Waals surface area contributed by atoms with Gasteiger partial charge in [-0.2, -0.15) is 0 Å². The van der Waals surface area contributed by atoms with Crippen molar-refractivity contribution in [2.24, 2.45) is 0 Å². The molecule has 25 heavy (non-hydrogen) atoms. The first-order valence-electron chi connectivity index (χ1n) is 7.62. The van der Waals surface area contributed by atoms with Crippen molar-refractivity contribution in [3.8, 4) is 5.75 Å². The van der Waals surface area contributed by atoms with Gasteiger partial charge in [0.1, 0.15) is 17.9 Å². The Labute approximate surface area is 150 Å². The Morgan fingerprint density at radius 2 is 1.92 bits per heavy atom. The molecule has 4 rings (SSSR count). The fourth-order valence-electron chi connectivity index (χ4n) is 2.86. The molecule has 0 spiro atoms. The number of carboxylic acid groups (broad SMARTS) is 1. The molecule has 6 heteroatoms. The molecule has 4 aromatic rings. The largest absolute Gasteiger partial charge is 0.488 e. The summed E-state index contributed by atoms with van der Waals surface area (Å²) in [6.45, 7) is 0.277. The van der Waals surface area contributed by atoms with Crippen LogP contribution in [0.2, 0.25) is 0 Å². The van der Waals surface area contributed by atoms with Crippen LogP contribution < -0.4 is 4.74 Å². The van der Waals surface area contributed by atoms with Crippen LogP contribution in [0, 0.1) is 0 Å². The van der Waals surface area contributed by atoms with E-state index in [1.165, 1.54) is 0 Å². The summed E-state index contributed by atoms with van der Waals surface area (Å²) in [5.41, 5.74) is 3.00. The Balaban J connectivity index is 1.66. The van der Waals surface area contributed by atoms with Gasteiger partial charge in [-0.05, 0) is 34.1 Å². The van der Waals surface area contributed by atoms with E-state index in [4.69, 9.17) is 18.7 Å². The lowest BCUT2D eigenvalue weighted by molar-refractivity contribution is -0.136. The van der Waals surface area contributed by atoms with Gasteiger partial charge in [0.05, 0.1) is 28.8 Å². The fraction of sp³-hybridized carbons (Fsp3) is 0.105. The van der Waals surface area contributed by atoms with Gasteiger partial charge >= 0.3 is 5.97 Å². The Morgan fingerprint density at radius 3 is 2.76 bits per heavy atom. The van der Waals surface area contributed by atoms with Crippen molar-refractivity contribution in [1.29, 1.82) is 0 Å². The van der Waals surface area contributed by atoms with E-state index in [1.807, 2.05) is 18.2 Å². The number of benzene rings is 2. The van der Waals surface area contributed by atoms with Crippen molar-refractivity contribution in [3.05, 3.63) is 64.5 Å². The fourth-order valence-corrected chi connectivity index (χ4v) is 3.39. The van der Waals surface area contributed by atoms with E-state index in [2.05, 4.69) is 15.9 Å². The molecule has 0 atom stereocenters. The Kier molecular flexibility index (Phi) is 3.97. The number of aliphatic carboxylic acids is 1. The van der Waals surface area contributed by atoms with Gasteiger partial charge in [-0.25, -0.2) is 0 Å². The molecule has 1 N–H and O–H groups in total. The molecule has 0 aliphatic carbocycles. The molecule has 0 radical (unpaired) electrons. The van der Waals surface area contributed by atoms with Gasteiger partial charge in [0, 0.05) is 16.5 Å². The second kappa shape index (κ2) is 6.29. The number of hydrogen-bond donors (Lipinski definition) is 1. The Morgan fingerprint density at radius 1 is 1.08 bits per heavy atom. The molecular weight excluding hydrogens is 388 g/mol. The van der Waals surface area contributed by atoms with E-state index in [-0.39, 0.29) is 13.0 Å². The second-order valence-corrected chi connectivity index (χ2v) is 6.48. The number of furan rings is 2. The van der Waals surface area contributed by atoms with Crippen LogP contribution in [-0.4, -0.2) is 11.1 Å². The number of fused-ring (bicyclic) bond motifs is 3. The van der Waals surface area contributed by atoms with Gasteiger partial charge in [-0.15, -0.1) is 0 Å². The molecular formula is C19H13BrO5. The predicted molar refractivity (Wildman–Crippen MR) is 95.8 cm³/mol. The SMILES string of the molecule is O=C(O)Cc1ccccc1OCc1coc2c1cc(Br)c1occc12. The first-order valence-corrected chi connectivity index (χ1v) is 8.41. The summed E-state index contributed by atoms with van der Waals surface area (Å²) in [6.07, 6.45) is 3.20. The van der Waals surface area contributed by atoms with Crippen molar-refractivity contribution in [2.75, 3.05) is 0 Å². The van der Waals surface area contributed by atoms with Gasteiger partial charge in [0.15, 0.2) is 5.58 Å². The van der Waals surface area contributed by atoms with Gasteiger partial charge in [0.2, 0.25) is 0 Å². The molecule has 0 aliphatic heterocycles. The predicted octanol–water partition coefficient (Wildman–Crippen LogP) is 5.15. The third kappa shape index (κ3) is 2.89. The second-order valence-electron chi connectivity index (χ2n) is 5.63. The van der Waals surface area contributed by atoms with Crippen LogP contribution >= 0.6 is 15.9 Å². The summed E-state index contributed by atoms with van der Waals surface area (Å²) in [5.74, 6) is -0.334. The molecule has 0 bridgehead atoms. The lowest BCUT2D eigenvalue weighted by atomic mass is 10.1. The highest BCUT2D eigenvalue weighted by Gasteiger charge is 2.15. The van der Waals surface area contributed by atoms with Crippen LogP contribution in [0.5, 0.6) is 5.75 Å². The zero-order valence-corrected chi connectivity index (χ0v) is 14.6. The smallest absolute Gasteiger partial charge is 0.307 e. The van der Waals surface area contributed by atoms with Crippen LogP contribution in [0.15, 0.2) is 62.2 Å². The maximum Gasteiger partial charge on any atom is 0.307 e. The van der Waals surface area contributed by atoms with E-state index in [1.54, 1.807) is 30.7 Å². The van der Waals surface area contributed by atoms with Crippen molar-refractivity contribution in [2.45, 2.75) is 13.0 Å². The highest BCUT2D eigenvalue weighted by molar-refractivity contribution is 9.10. The topological polar surface area (TPSA) is 72.8 Å². The standard InChI is InChI=1S/C19H13BrO5/c20-15-8-14-12(10-25-18(14)13-5-6-23-19(13)15)9-24-16-4-2-1-3-11(16)7-17(21)22/h1-6,8,10H,7,9H2,(H,21,22). The summed E-state index contributed by atoms with van der Waals surface area (Å²) >= 11 is 3.51. The molecule has 0 amide bonds. The summed E-state index contributed by atoms with van der Waals surface area (Å²) < 4.78 is 17.9. The summed E-state index contributed by atoms with van der Waals surface area (Å²) in [6, 6.07) is 10.9. The maximum absolute atomic E-state index is 11.0. The number of hydrogen-bond acceptors (Lipinski definition) is 4. The van der Waals surface area contributed by atoms with Crippen molar-refractivity contribution < 1.29 is 23.5 Å². The van der Waals surface area contributed by atoms with Crippen molar-refractivity contribution in [1.82, 2.24) is 0 Å². The summed E-state index contributed by atoms with van der Waals surface area (Å²) in [4.78, 5) is 11.0. The van der Waals surface area contributed by atoms with E-state index >= 15 is 0 Å². The van der Waals surface area contributed by atoms with Crippen LogP contribution in [0.3, 0.4) is 0 Å². The highest BCUT2D eigenvalue weighted by Crippen LogP contribution is 2.35. The summed E-state index contributed by atoms with van der Waals surface area (Å²) in [5, 5.41) is 10.8. The lowest BCUT2D eigenvalue weighted by Crippen LogP contribution is -2.03. The third-order valence-electron chi connectivity index (χ3n) is 4.00. The molecule has 5 nitrogen and oxygen atoms in total. The number of carbonyl (C=O) groups is 1. The maximum atomic E-state index is 11.0. The van der Waals surface area contributed by atoms with E-state index in [0.717, 1.165) is 32.0 Å². The quantitative estimate of drug-likeness (QED) is 0.501. The van der Waals surface area contributed by atoms with Crippen molar-refractivity contribution in [3.63, 3.8) is 0 Å². The Hall–Kier alpha value is -2.73. The van der Waals surface area contributed by atoms with Crippen LogP contribution in [0.1, 0.15) is 11.1 Å². The van der Waals surface area contributed by atoms with Crippen LogP contribution in [-0.2, 0) is 17.8 Å². The molecule has 0 saturated heterocycles. The minimum absolute atomic E-state index is 0.0799. The molecule has 0 fully saturated rings. The van der Waals surface area contributed by atoms with Crippen LogP contribution in [0.25, 0.3) is 21.9 Å². The van der Waals surface area contributed by atoms with Gasteiger partial charge in [0.25, 0.3) is 0 Å². The first kappa shape index (κ1) is 15.8. The first-order chi connectivity index (χ1) is 12.1. The van der Waals surface area contributed by atoms with Gasteiger partial charge < -0.3 is 18.7 Å². The van der Waals surface area contributed by atoms with Crippen molar-refractivity contribution >= 4 is 43.8 Å². The molecule has 0 saturated carbocycles. The van der Waals surface area contributed by atoms with E-state index in [0.29, 0.717) is 11.3 Å². The highest BCUT2D eigenvalue weighted by atomic mass is 79.9. The number of rotatable bonds is 5. The summed E-state index contributed by atoms with van der Waals surface area (Å²) in [7, 11) is 0. The monoisotopic (exact) mass is 400 g/mol. The molecule has 126 valence electrons. The number of para-hydroxylation sites is 1. The third-order valence-corrected chi connectivity index (χ3v) is 4.59. The lowest BCUT2D eigenvalue weighted by Gasteiger charge is -2.09. The number of carboxylic acids is 1. The molecule has 2 heterocycles. The number of ether oxygens (including phenoxy) is 1. The molecule has 0 unspecified atom stereocenters. The average Bonchev–Trinajstić information content (AvgIpc) is 3.21. The van der Waals surface area contributed by atoms with Gasteiger partial charge in [-0.3, -0.25) is 4.79 Å². The molecule has 2 aromatic heterocycles. The zero-order valence-electron chi connectivity index (χ0n) is 13.0. The van der Waals surface area contributed by atoms with E-state index in [9.17, 15) is 4.79 Å². The zero-order chi connectivity index (χ0) is 17.4. The van der Waals surface area contributed by atoms with Crippen LogP contribution in [0.4, 0.5) is 0 Å². The minimum atomic E-state index is -0.893. The van der Waals surface area contributed by atoms with Gasteiger partial charge in [-0.1, -0.05) is 18.2 Å². The average molecular weight is 401 g/mol.